The highest BCUT2D eigenvalue weighted by Crippen LogP contribution is 2.40. The highest BCUT2D eigenvalue weighted by atomic mass is 32.1. The van der Waals surface area contributed by atoms with Crippen LogP contribution >= 0.6 is 11.3 Å². The second-order valence-corrected chi connectivity index (χ2v) is 8.04. The number of benzene rings is 2. The zero-order valence-electron chi connectivity index (χ0n) is 16.4. The number of anilines is 1. The van der Waals surface area contributed by atoms with E-state index in [9.17, 15) is 4.79 Å². The van der Waals surface area contributed by atoms with Gasteiger partial charge in [0.25, 0.3) is 0 Å². The Morgan fingerprint density at radius 2 is 2.10 bits per heavy atom. The molecule has 6 nitrogen and oxygen atoms in total. The van der Waals surface area contributed by atoms with Gasteiger partial charge in [-0.2, -0.15) is 0 Å². The summed E-state index contributed by atoms with van der Waals surface area (Å²) in [6.45, 7) is 2.83. The Labute approximate surface area is 173 Å². The highest BCUT2D eigenvalue weighted by Gasteiger charge is 2.35. The lowest BCUT2D eigenvalue weighted by atomic mass is 9.81. The molecule has 0 radical (unpaired) electrons. The summed E-state index contributed by atoms with van der Waals surface area (Å²) in [5.74, 6) is 1.97. The number of aromatic nitrogens is 1. The van der Waals surface area contributed by atoms with E-state index in [2.05, 4.69) is 15.6 Å². The second kappa shape index (κ2) is 8.23. The minimum absolute atomic E-state index is 0.0795. The fourth-order valence-corrected chi connectivity index (χ4v) is 4.22. The van der Waals surface area contributed by atoms with Crippen LogP contribution in [0, 0.1) is 0 Å². The van der Waals surface area contributed by atoms with Crippen LogP contribution in [0.15, 0.2) is 54.0 Å². The number of nitrogens with zero attached hydrogens (tertiary/aromatic N) is 1. The van der Waals surface area contributed by atoms with E-state index in [-0.39, 0.29) is 12.3 Å². The number of nitrogens with one attached hydrogen (secondary N) is 2. The molecule has 0 spiro atoms. The number of methoxy groups -OCH3 is 1. The lowest BCUT2D eigenvalue weighted by Crippen LogP contribution is -2.47. The number of fused-ring (bicyclic) bond motifs is 1. The maximum absolute atomic E-state index is 12.7. The van der Waals surface area contributed by atoms with E-state index < -0.39 is 5.54 Å². The molecule has 7 heteroatoms. The Hall–Kier alpha value is -2.90. The molecule has 0 unspecified atom stereocenters. The van der Waals surface area contributed by atoms with Crippen molar-refractivity contribution in [1.29, 1.82) is 0 Å². The van der Waals surface area contributed by atoms with Crippen LogP contribution in [0.5, 0.6) is 17.2 Å². The summed E-state index contributed by atoms with van der Waals surface area (Å²) in [6, 6.07) is 13.6. The van der Waals surface area contributed by atoms with Crippen molar-refractivity contribution in [1.82, 2.24) is 10.3 Å². The SMILES string of the molecule is COc1cc2c(cc1Oc1ccccc1)[C@@](C)(CC(=O)Nc1nccs1)NCC2. The first-order valence-electron chi connectivity index (χ1n) is 9.46. The van der Waals surface area contributed by atoms with Gasteiger partial charge in [-0.15, -0.1) is 11.3 Å². The maximum Gasteiger partial charge on any atom is 0.228 e. The van der Waals surface area contributed by atoms with Crippen LogP contribution in [0.2, 0.25) is 0 Å². The van der Waals surface area contributed by atoms with Crippen LogP contribution in [-0.2, 0) is 16.8 Å². The summed E-state index contributed by atoms with van der Waals surface area (Å²) in [7, 11) is 1.64. The summed E-state index contributed by atoms with van der Waals surface area (Å²) in [6.07, 6.45) is 2.83. The van der Waals surface area contributed by atoms with Crippen LogP contribution in [0.1, 0.15) is 24.5 Å². The molecule has 150 valence electrons. The standard InChI is InChI=1S/C22H23N3O3S/c1-22(14-20(26)25-21-23-10-11-29-21)17-13-19(28-16-6-4-3-5-7-16)18(27-2)12-15(17)8-9-24-22/h3-7,10-13,24H,8-9,14H2,1-2H3,(H,23,25,26)/t22-/m1/s1. The topological polar surface area (TPSA) is 72.5 Å². The number of amides is 1. The van der Waals surface area contributed by atoms with Crippen molar-refractivity contribution in [2.24, 2.45) is 0 Å². The number of thiazole rings is 1. The van der Waals surface area contributed by atoms with Crippen molar-refractivity contribution in [3.05, 3.63) is 65.2 Å². The third kappa shape index (κ3) is 4.26. The van der Waals surface area contributed by atoms with Crippen molar-refractivity contribution >= 4 is 22.4 Å². The van der Waals surface area contributed by atoms with Gasteiger partial charge in [-0.25, -0.2) is 4.98 Å². The van der Waals surface area contributed by atoms with Crippen molar-refractivity contribution in [3.63, 3.8) is 0 Å². The Bertz CT molecular complexity index is 992. The van der Waals surface area contributed by atoms with E-state index in [4.69, 9.17) is 9.47 Å². The molecule has 1 amide bonds. The molecule has 3 aromatic rings. The van der Waals surface area contributed by atoms with Crippen molar-refractivity contribution < 1.29 is 14.3 Å². The van der Waals surface area contributed by atoms with Gasteiger partial charge in [0.05, 0.1) is 7.11 Å². The Morgan fingerprint density at radius 3 is 2.83 bits per heavy atom. The van der Waals surface area contributed by atoms with E-state index >= 15 is 0 Å². The number of hydrogen-bond donors (Lipinski definition) is 2. The predicted molar refractivity (Wildman–Crippen MR) is 114 cm³/mol. The van der Waals surface area contributed by atoms with Gasteiger partial charge in [0.1, 0.15) is 5.75 Å². The monoisotopic (exact) mass is 409 g/mol. The molecule has 0 aliphatic carbocycles. The molecule has 1 aliphatic heterocycles. The fourth-order valence-electron chi connectivity index (χ4n) is 3.67. The van der Waals surface area contributed by atoms with Crippen molar-refractivity contribution in [2.75, 3.05) is 19.0 Å². The van der Waals surface area contributed by atoms with Crippen molar-refractivity contribution in [2.45, 2.75) is 25.3 Å². The van der Waals surface area contributed by atoms with E-state index in [0.717, 1.165) is 29.8 Å². The second-order valence-electron chi connectivity index (χ2n) is 7.15. The molecule has 1 aromatic heterocycles. The molecular formula is C22H23N3O3S. The van der Waals surface area contributed by atoms with Gasteiger partial charge >= 0.3 is 0 Å². The first kappa shape index (κ1) is 19.4. The average Bonchev–Trinajstić information content (AvgIpc) is 3.21. The largest absolute Gasteiger partial charge is 0.493 e. The number of carbonyl (C=O) groups is 1. The molecule has 4 rings (SSSR count). The molecule has 2 N–H and O–H groups in total. The summed E-state index contributed by atoms with van der Waals surface area (Å²) < 4.78 is 11.7. The first-order valence-corrected chi connectivity index (χ1v) is 10.3. The Morgan fingerprint density at radius 1 is 1.28 bits per heavy atom. The molecule has 0 saturated carbocycles. The lowest BCUT2D eigenvalue weighted by molar-refractivity contribution is -0.117. The van der Waals surface area contributed by atoms with E-state index in [1.807, 2.05) is 54.8 Å². The van der Waals surface area contributed by atoms with Gasteiger partial charge < -0.3 is 20.1 Å². The number of ether oxygens (including phenoxy) is 2. The number of rotatable bonds is 6. The van der Waals surface area contributed by atoms with Crippen molar-refractivity contribution in [3.8, 4) is 17.2 Å². The summed E-state index contributed by atoms with van der Waals surface area (Å²) in [4.78, 5) is 16.8. The molecule has 29 heavy (non-hydrogen) atoms. The summed E-state index contributed by atoms with van der Waals surface area (Å²) in [5, 5.41) is 8.84. The van der Waals surface area contributed by atoms with Crippen LogP contribution in [-0.4, -0.2) is 24.5 Å². The number of hydrogen-bond acceptors (Lipinski definition) is 6. The zero-order valence-corrected chi connectivity index (χ0v) is 17.2. The van der Waals surface area contributed by atoms with Gasteiger partial charge in [-0.1, -0.05) is 18.2 Å². The Kier molecular flexibility index (Phi) is 5.51. The van der Waals surface area contributed by atoms with Gasteiger partial charge in [-0.3, -0.25) is 4.79 Å². The van der Waals surface area contributed by atoms with Crippen LogP contribution in [0.25, 0.3) is 0 Å². The first-order chi connectivity index (χ1) is 14.1. The highest BCUT2D eigenvalue weighted by molar-refractivity contribution is 7.13. The zero-order chi connectivity index (χ0) is 20.3. The fraction of sp³-hybridized carbons (Fsp3) is 0.273. The smallest absolute Gasteiger partial charge is 0.228 e. The van der Waals surface area contributed by atoms with E-state index in [1.54, 1.807) is 13.3 Å². The molecular weight excluding hydrogens is 386 g/mol. The van der Waals surface area contributed by atoms with Gasteiger partial charge in [-0.05, 0) is 48.7 Å². The molecule has 1 aliphatic rings. The quantitative estimate of drug-likeness (QED) is 0.634. The molecule has 2 heterocycles. The van der Waals surface area contributed by atoms with Gasteiger partial charge in [0, 0.05) is 30.1 Å². The van der Waals surface area contributed by atoms with Gasteiger partial charge in [0.15, 0.2) is 16.6 Å². The molecule has 0 saturated heterocycles. The van der Waals surface area contributed by atoms with Crippen LogP contribution in [0.4, 0.5) is 5.13 Å². The normalized spacial score (nSPS) is 18.0. The maximum atomic E-state index is 12.7. The molecule has 2 aromatic carbocycles. The Balaban J connectivity index is 1.64. The lowest BCUT2D eigenvalue weighted by Gasteiger charge is -2.37. The summed E-state index contributed by atoms with van der Waals surface area (Å²) >= 11 is 1.41. The molecule has 0 fully saturated rings. The predicted octanol–water partition coefficient (Wildman–Crippen LogP) is 4.33. The van der Waals surface area contributed by atoms with E-state index in [1.165, 1.54) is 11.3 Å². The van der Waals surface area contributed by atoms with Crippen LogP contribution in [0.3, 0.4) is 0 Å². The molecule has 1 atom stereocenters. The van der Waals surface area contributed by atoms with Gasteiger partial charge in [0.2, 0.25) is 5.91 Å². The number of para-hydroxylation sites is 1. The minimum Gasteiger partial charge on any atom is -0.493 e. The third-order valence-electron chi connectivity index (χ3n) is 5.06. The summed E-state index contributed by atoms with van der Waals surface area (Å²) in [5.41, 5.74) is 1.69. The molecule has 0 bridgehead atoms. The third-order valence-corrected chi connectivity index (χ3v) is 5.75. The average molecular weight is 410 g/mol. The van der Waals surface area contributed by atoms with E-state index in [0.29, 0.717) is 16.6 Å². The minimum atomic E-state index is -0.518. The van der Waals surface area contributed by atoms with Crippen LogP contribution < -0.4 is 20.1 Å². The number of carbonyl (C=O) groups excluding carboxylic acids is 1.